The van der Waals surface area contributed by atoms with E-state index in [-0.39, 0.29) is 24.8 Å². The largest absolute Gasteiger partial charge is 0.296 e. The molecule has 2 saturated heterocycles. The van der Waals surface area contributed by atoms with Gasteiger partial charge in [-0.15, -0.1) is 24.8 Å². The van der Waals surface area contributed by atoms with Crippen LogP contribution < -0.4 is 0 Å². The van der Waals surface area contributed by atoms with Crippen molar-refractivity contribution in [3.8, 4) is 0 Å². The summed E-state index contributed by atoms with van der Waals surface area (Å²) in [5, 5.41) is 0. The number of piperazine rings is 1. The first-order valence-corrected chi connectivity index (χ1v) is 8.44. The van der Waals surface area contributed by atoms with Gasteiger partial charge < -0.3 is 0 Å². The highest BCUT2D eigenvalue weighted by atomic mass is 35.5. The minimum atomic E-state index is 0. The molecule has 0 saturated carbocycles. The van der Waals surface area contributed by atoms with Crippen molar-refractivity contribution in [2.45, 2.75) is 38.0 Å². The molecule has 2 heterocycles. The highest BCUT2D eigenvalue weighted by Gasteiger charge is 2.39. The van der Waals surface area contributed by atoms with Crippen LogP contribution in [0, 0.1) is 0 Å². The quantitative estimate of drug-likeness (QED) is 0.794. The topological polar surface area (TPSA) is 6.48 Å². The van der Waals surface area contributed by atoms with Crippen LogP contribution in [-0.4, -0.2) is 35.0 Å². The van der Waals surface area contributed by atoms with Crippen LogP contribution in [0.4, 0.5) is 0 Å². The molecule has 2 aliphatic heterocycles. The van der Waals surface area contributed by atoms with Crippen molar-refractivity contribution in [3.05, 3.63) is 71.8 Å². The lowest BCUT2D eigenvalue weighted by molar-refractivity contribution is 0.0567. The molecular formula is C20H26Cl2N2. The van der Waals surface area contributed by atoms with E-state index in [0.717, 1.165) is 25.2 Å². The summed E-state index contributed by atoms with van der Waals surface area (Å²) in [5.74, 6) is 0. The number of hydrogen-bond acceptors (Lipinski definition) is 2. The standard InChI is InChI=1S/C20H24N2.2ClH/c1-3-7-17(8-4-1)13-21-15-19-11-12-20(16-21)22(19)14-18-9-5-2-6-10-18;;/h1-10,19-20H,11-16H2;2*1H. The van der Waals surface area contributed by atoms with E-state index in [1.165, 1.54) is 37.1 Å². The maximum atomic E-state index is 2.75. The van der Waals surface area contributed by atoms with Crippen LogP contribution in [0.2, 0.25) is 0 Å². The van der Waals surface area contributed by atoms with Crippen LogP contribution in [0.15, 0.2) is 60.7 Å². The molecule has 0 spiro atoms. The molecule has 2 aromatic rings. The van der Waals surface area contributed by atoms with Crippen molar-refractivity contribution in [1.29, 1.82) is 0 Å². The molecule has 2 unspecified atom stereocenters. The molecule has 24 heavy (non-hydrogen) atoms. The Balaban J connectivity index is 0.00000104. The van der Waals surface area contributed by atoms with E-state index in [4.69, 9.17) is 0 Å². The predicted octanol–water partition coefficient (Wildman–Crippen LogP) is 4.38. The molecule has 2 fully saturated rings. The zero-order valence-electron chi connectivity index (χ0n) is 13.9. The van der Waals surface area contributed by atoms with Gasteiger partial charge in [-0.2, -0.15) is 0 Å². The number of benzene rings is 2. The summed E-state index contributed by atoms with van der Waals surface area (Å²) in [6.07, 6.45) is 2.73. The van der Waals surface area contributed by atoms with Crippen molar-refractivity contribution < 1.29 is 0 Å². The fraction of sp³-hybridized carbons (Fsp3) is 0.400. The van der Waals surface area contributed by atoms with Gasteiger partial charge in [-0.25, -0.2) is 0 Å². The zero-order valence-corrected chi connectivity index (χ0v) is 15.5. The van der Waals surface area contributed by atoms with Crippen molar-refractivity contribution in [2.24, 2.45) is 0 Å². The van der Waals surface area contributed by atoms with Crippen molar-refractivity contribution in [3.63, 3.8) is 0 Å². The van der Waals surface area contributed by atoms with Gasteiger partial charge in [0.1, 0.15) is 0 Å². The Morgan fingerprint density at radius 2 is 1.12 bits per heavy atom. The summed E-state index contributed by atoms with van der Waals surface area (Å²) < 4.78 is 0. The Kier molecular flexibility index (Phi) is 7.12. The minimum absolute atomic E-state index is 0. The predicted molar refractivity (Wildman–Crippen MR) is 105 cm³/mol. The van der Waals surface area contributed by atoms with E-state index in [9.17, 15) is 0 Å². The SMILES string of the molecule is Cl.Cl.c1ccc(CN2CC3CCC(C2)N3Cc2ccccc2)cc1. The Morgan fingerprint density at radius 1 is 0.667 bits per heavy atom. The maximum Gasteiger partial charge on any atom is 0.0240 e. The molecule has 2 atom stereocenters. The maximum absolute atomic E-state index is 2.75. The number of halogens is 2. The van der Waals surface area contributed by atoms with E-state index < -0.39 is 0 Å². The lowest BCUT2D eigenvalue weighted by Crippen LogP contribution is -2.52. The third kappa shape index (κ3) is 4.31. The van der Waals surface area contributed by atoms with Gasteiger partial charge in [0.25, 0.3) is 0 Å². The first-order chi connectivity index (χ1) is 10.9. The lowest BCUT2D eigenvalue weighted by Gasteiger charge is -2.41. The van der Waals surface area contributed by atoms with Crippen LogP contribution in [0.1, 0.15) is 24.0 Å². The van der Waals surface area contributed by atoms with Gasteiger partial charge in [0.05, 0.1) is 0 Å². The van der Waals surface area contributed by atoms with Crippen LogP contribution in [-0.2, 0) is 13.1 Å². The average molecular weight is 365 g/mol. The second kappa shape index (κ2) is 8.87. The third-order valence-electron chi connectivity index (χ3n) is 5.17. The molecule has 4 rings (SSSR count). The van der Waals surface area contributed by atoms with Crippen LogP contribution >= 0.6 is 24.8 Å². The summed E-state index contributed by atoms with van der Waals surface area (Å²) in [6.45, 7) is 4.67. The Morgan fingerprint density at radius 3 is 1.62 bits per heavy atom. The second-order valence-corrected chi connectivity index (χ2v) is 6.72. The van der Waals surface area contributed by atoms with E-state index in [1.807, 2.05) is 0 Å². The fourth-order valence-corrected chi connectivity index (χ4v) is 4.10. The van der Waals surface area contributed by atoms with E-state index in [2.05, 4.69) is 70.5 Å². The molecule has 0 radical (unpaired) electrons. The smallest absolute Gasteiger partial charge is 0.0240 e. The number of fused-ring (bicyclic) bond motifs is 2. The fourth-order valence-electron chi connectivity index (χ4n) is 4.10. The number of likely N-dealkylation sites (tertiary alicyclic amines) is 1. The third-order valence-corrected chi connectivity index (χ3v) is 5.17. The molecule has 4 heteroatoms. The summed E-state index contributed by atoms with van der Waals surface area (Å²) in [4.78, 5) is 5.40. The molecular weight excluding hydrogens is 339 g/mol. The molecule has 2 aliphatic rings. The summed E-state index contributed by atoms with van der Waals surface area (Å²) >= 11 is 0. The van der Waals surface area contributed by atoms with Crippen molar-refractivity contribution in [2.75, 3.05) is 13.1 Å². The van der Waals surface area contributed by atoms with Gasteiger partial charge in [-0.05, 0) is 24.0 Å². The molecule has 2 aromatic carbocycles. The lowest BCUT2D eigenvalue weighted by atomic mass is 10.1. The molecule has 0 amide bonds. The highest BCUT2D eigenvalue weighted by molar-refractivity contribution is 5.85. The molecule has 2 bridgehead atoms. The van der Waals surface area contributed by atoms with E-state index in [1.54, 1.807) is 0 Å². The van der Waals surface area contributed by atoms with E-state index >= 15 is 0 Å². The normalized spacial score (nSPS) is 23.3. The Labute approximate surface area is 157 Å². The number of nitrogens with zero attached hydrogens (tertiary/aromatic N) is 2. The molecule has 2 nitrogen and oxygen atoms in total. The Hall–Kier alpha value is -1.06. The highest BCUT2D eigenvalue weighted by Crippen LogP contribution is 2.32. The average Bonchev–Trinajstić information content (AvgIpc) is 2.80. The van der Waals surface area contributed by atoms with Gasteiger partial charge in [0.2, 0.25) is 0 Å². The minimum Gasteiger partial charge on any atom is -0.296 e. The number of rotatable bonds is 4. The first-order valence-electron chi connectivity index (χ1n) is 8.44. The van der Waals surface area contributed by atoms with Crippen LogP contribution in [0.3, 0.4) is 0 Å². The van der Waals surface area contributed by atoms with Gasteiger partial charge in [0, 0.05) is 38.3 Å². The van der Waals surface area contributed by atoms with Gasteiger partial charge in [-0.3, -0.25) is 9.80 Å². The first kappa shape index (κ1) is 19.3. The number of hydrogen-bond donors (Lipinski definition) is 0. The van der Waals surface area contributed by atoms with Crippen LogP contribution in [0.5, 0.6) is 0 Å². The summed E-state index contributed by atoms with van der Waals surface area (Å²) in [5.41, 5.74) is 2.90. The monoisotopic (exact) mass is 364 g/mol. The molecule has 0 aromatic heterocycles. The van der Waals surface area contributed by atoms with Gasteiger partial charge in [-0.1, -0.05) is 60.7 Å². The summed E-state index contributed by atoms with van der Waals surface area (Å²) in [6, 6.07) is 23.3. The van der Waals surface area contributed by atoms with Crippen LogP contribution in [0.25, 0.3) is 0 Å². The van der Waals surface area contributed by atoms with Gasteiger partial charge in [0.15, 0.2) is 0 Å². The second-order valence-electron chi connectivity index (χ2n) is 6.72. The van der Waals surface area contributed by atoms with Crippen molar-refractivity contribution in [1.82, 2.24) is 9.80 Å². The molecule has 130 valence electrons. The van der Waals surface area contributed by atoms with E-state index in [0.29, 0.717) is 0 Å². The zero-order chi connectivity index (χ0) is 14.8. The van der Waals surface area contributed by atoms with Gasteiger partial charge >= 0.3 is 0 Å². The van der Waals surface area contributed by atoms with Crippen molar-refractivity contribution >= 4 is 24.8 Å². The molecule has 0 aliphatic carbocycles. The molecule has 0 N–H and O–H groups in total. The Bertz CT molecular complexity index is 592. The summed E-state index contributed by atoms with van der Waals surface area (Å²) in [7, 11) is 0.